The van der Waals surface area contributed by atoms with E-state index >= 15 is 0 Å². The molecular formula is C62H54B2N2O2S2. The zero-order valence-corrected chi connectivity index (χ0v) is 42.8. The van der Waals surface area contributed by atoms with Gasteiger partial charge in [0.15, 0.2) is 0 Å². The van der Waals surface area contributed by atoms with Crippen molar-refractivity contribution in [3.63, 3.8) is 0 Å². The zero-order chi connectivity index (χ0) is 47.4. The number of hydrogen-bond acceptors (Lipinski definition) is 6. The third-order valence-electron chi connectivity index (χ3n) is 17.7. The SMILES string of the molecule is CC1(C)CCC(C)(C)c2c1cc1c3c2Oc2cc4c(cc2B3c2ccccc2N1c1ccccc1)B1c2sc3ccccc3c2N(c2csc3ccccc23)c2cc3c(c(c21)O4)C(C)(C)CCC3(C)C. The largest absolute Gasteiger partial charge is 0.458 e. The molecule has 4 aliphatic heterocycles. The summed E-state index contributed by atoms with van der Waals surface area (Å²) < 4.78 is 19.5. The van der Waals surface area contributed by atoms with Crippen molar-refractivity contribution in [2.75, 3.05) is 9.80 Å². The Labute approximate surface area is 420 Å². The van der Waals surface area contributed by atoms with Gasteiger partial charge < -0.3 is 19.3 Å². The Hall–Kier alpha value is -6.21. The number of hydrogen-bond donors (Lipinski definition) is 0. The molecule has 0 fully saturated rings. The van der Waals surface area contributed by atoms with E-state index in [1.165, 1.54) is 103 Å². The summed E-state index contributed by atoms with van der Waals surface area (Å²) in [6.07, 6.45) is 4.43. The smallest absolute Gasteiger partial charge is 0.268 e. The lowest BCUT2D eigenvalue weighted by atomic mass is 9.31. The molecule has 7 aromatic carbocycles. The van der Waals surface area contributed by atoms with Crippen LogP contribution in [0.15, 0.2) is 133 Å². The van der Waals surface area contributed by atoms with Crippen molar-refractivity contribution in [3.8, 4) is 23.0 Å². The number of rotatable bonds is 2. The topological polar surface area (TPSA) is 24.9 Å². The Morgan fingerprint density at radius 1 is 0.471 bits per heavy atom. The molecule has 9 aromatic rings. The van der Waals surface area contributed by atoms with E-state index in [2.05, 4.69) is 198 Å². The van der Waals surface area contributed by atoms with Crippen molar-refractivity contribution in [1.82, 2.24) is 0 Å². The van der Waals surface area contributed by atoms with Crippen LogP contribution in [0.1, 0.15) is 103 Å². The minimum absolute atomic E-state index is 0.0268. The summed E-state index contributed by atoms with van der Waals surface area (Å²) in [6, 6.07) is 48.2. The molecule has 0 atom stereocenters. The van der Waals surface area contributed by atoms with E-state index in [1.54, 1.807) is 0 Å². The molecule has 2 aliphatic carbocycles. The van der Waals surface area contributed by atoms with Crippen LogP contribution in [0.2, 0.25) is 0 Å². The Bertz CT molecular complexity index is 3790. The Kier molecular flexibility index (Phi) is 8.19. The quantitative estimate of drug-likeness (QED) is 0.161. The number of anilines is 6. The molecule has 0 saturated heterocycles. The Morgan fingerprint density at radius 3 is 1.70 bits per heavy atom. The van der Waals surface area contributed by atoms with Crippen LogP contribution in [0.3, 0.4) is 0 Å². The summed E-state index contributed by atoms with van der Waals surface area (Å²) in [4.78, 5) is 5.15. The predicted octanol–water partition coefficient (Wildman–Crippen LogP) is 13.6. The Morgan fingerprint density at radius 2 is 1.01 bits per heavy atom. The zero-order valence-electron chi connectivity index (χ0n) is 41.2. The number of benzene rings is 7. The summed E-state index contributed by atoms with van der Waals surface area (Å²) >= 11 is 3.80. The molecule has 342 valence electrons. The number of ether oxygens (including phenoxy) is 2. The van der Waals surface area contributed by atoms with Gasteiger partial charge in [-0.2, -0.15) is 0 Å². The van der Waals surface area contributed by atoms with Gasteiger partial charge in [0, 0.05) is 70.3 Å². The number of nitrogens with zero attached hydrogens (tertiary/aromatic N) is 2. The molecule has 70 heavy (non-hydrogen) atoms. The van der Waals surface area contributed by atoms with Gasteiger partial charge in [-0.1, -0.05) is 134 Å². The van der Waals surface area contributed by atoms with Gasteiger partial charge in [-0.3, -0.25) is 0 Å². The first-order chi connectivity index (χ1) is 33.7. The van der Waals surface area contributed by atoms with Gasteiger partial charge in [0.05, 0.1) is 11.4 Å². The summed E-state index contributed by atoms with van der Waals surface area (Å²) in [5.74, 6) is 3.91. The van der Waals surface area contributed by atoms with Gasteiger partial charge in [0.2, 0.25) is 0 Å². The molecular weight excluding hydrogens is 890 g/mol. The Balaban J connectivity index is 1.04. The second kappa shape index (κ2) is 13.8. The third-order valence-corrected chi connectivity index (χ3v) is 19.9. The lowest BCUT2D eigenvalue weighted by Crippen LogP contribution is -2.63. The summed E-state index contributed by atoms with van der Waals surface area (Å²) in [5.41, 5.74) is 19.0. The lowest BCUT2D eigenvalue weighted by molar-refractivity contribution is 0.319. The van der Waals surface area contributed by atoms with Crippen LogP contribution in [-0.4, -0.2) is 13.4 Å². The van der Waals surface area contributed by atoms with Crippen molar-refractivity contribution >= 4 is 122 Å². The molecule has 4 nitrogen and oxygen atoms in total. The van der Waals surface area contributed by atoms with E-state index in [4.69, 9.17) is 9.47 Å². The van der Waals surface area contributed by atoms with Crippen molar-refractivity contribution in [2.24, 2.45) is 0 Å². The highest BCUT2D eigenvalue weighted by Crippen LogP contribution is 2.58. The fraction of sp³-hybridized carbons (Fsp3) is 0.258. The maximum atomic E-state index is 7.78. The minimum atomic E-state index is -0.0917. The van der Waals surface area contributed by atoms with E-state index in [0.29, 0.717) is 0 Å². The standard InChI is InChI=1S/C62H54B2N2O2S2/c1-59(2)26-28-61(5,6)51-38(59)30-44-53-56(51)67-47-33-48-42(32-41(47)63(53)40-22-14-15-23-43(40)65(44)35-18-10-9-11-19-35)64-54-45(31-39-52(57(54)68-48)62(7,8)29-27-60(39,3)4)66(46-34-69-49-24-16-12-20-36(46)49)55-37-21-13-17-25-50(37)70-58(55)64/h9-25,30-34H,26-29H2,1-8H3. The number of para-hydroxylation sites is 2. The van der Waals surface area contributed by atoms with Gasteiger partial charge in [0.1, 0.15) is 23.0 Å². The van der Waals surface area contributed by atoms with Gasteiger partial charge in [-0.25, -0.2) is 0 Å². The second-order valence-corrected chi connectivity index (χ2v) is 25.6. The monoisotopic (exact) mass is 944 g/mol. The van der Waals surface area contributed by atoms with E-state index < -0.39 is 0 Å². The fourth-order valence-corrected chi connectivity index (χ4v) is 16.1. The van der Waals surface area contributed by atoms with E-state index in [-0.39, 0.29) is 35.1 Å². The summed E-state index contributed by atoms with van der Waals surface area (Å²) in [7, 11) is 0. The molecule has 0 radical (unpaired) electrons. The maximum absolute atomic E-state index is 7.78. The van der Waals surface area contributed by atoms with Crippen LogP contribution in [0.4, 0.5) is 34.1 Å². The van der Waals surface area contributed by atoms with Crippen LogP contribution in [0.5, 0.6) is 23.0 Å². The van der Waals surface area contributed by atoms with Gasteiger partial charge in [0.25, 0.3) is 13.4 Å². The molecule has 0 bridgehead atoms. The molecule has 15 rings (SSSR count). The highest BCUT2D eigenvalue weighted by molar-refractivity contribution is 7.33. The second-order valence-electron chi connectivity index (χ2n) is 23.6. The van der Waals surface area contributed by atoms with Crippen molar-refractivity contribution in [3.05, 3.63) is 155 Å². The normalized spacial score (nSPS) is 18.6. The van der Waals surface area contributed by atoms with Gasteiger partial charge in [-0.15, -0.1) is 22.7 Å². The average molecular weight is 945 g/mol. The summed E-state index contributed by atoms with van der Waals surface area (Å²) in [5, 5.41) is 4.97. The van der Waals surface area contributed by atoms with Gasteiger partial charge >= 0.3 is 0 Å². The maximum Gasteiger partial charge on any atom is 0.268 e. The molecule has 0 unspecified atom stereocenters. The first-order valence-electron chi connectivity index (χ1n) is 25.4. The third kappa shape index (κ3) is 5.39. The summed E-state index contributed by atoms with van der Waals surface area (Å²) in [6.45, 7) is 19.4. The molecule has 0 N–H and O–H groups in total. The first-order valence-corrected chi connectivity index (χ1v) is 27.1. The minimum Gasteiger partial charge on any atom is -0.458 e. The molecule has 6 heterocycles. The van der Waals surface area contributed by atoms with E-state index in [1.807, 2.05) is 22.7 Å². The molecule has 0 saturated carbocycles. The van der Waals surface area contributed by atoms with Crippen LogP contribution in [0, 0.1) is 0 Å². The number of thiophene rings is 2. The van der Waals surface area contributed by atoms with Crippen LogP contribution in [-0.2, 0) is 21.7 Å². The first kappa shape index (κ1) is 41.6. The molecule has 8 heteroatoms. The van der Waals surface area contributed by atoms with Crippen LogP contribution >= 0.6 is 22.7 Å². The lowest BCUT2D eigenvalue weighted by Gasteiger charge is -2.48. The van der Waals surface area contributed by atoms with Crippen LogP contribution < -0.4 is 51.4 Å². The fourth-order valence-electron chi connectivity index (χ4n) is 13.9. The highest BCUT2D eigenvalue weighted by atomic mass is 32.1. The molecule has 2 aromatic heterocycles. The van der Waals surface area contributed by atoms with E-state index in [9.17, 15) is 0 Å². The molecule has 0 spiro atoms. The molecule has 0 amide bonds. The van der Waals surface area contributed by atoms with Crippen molar-refractivity contribution in [2.45, 2.75) is 103 Å². The van der Waals surface area contributed by atoms with Crippen LogP contribution in [0.25, 0.3) is 20.2 Å². The van der Waals surface area contributed by atoms with Gasteiger partial charge in [-0.05, 0) is 128 Å². The average Bonchev–Trinajstić information content (AvgIpc) is 3.96. The predicted molar refractivity (Wildman–Crippen MR) is 299 cm³/mol. The van der Waals surface area contributed by atoms with Crippen molar-refractivity contribution in [1.29, 1.82) is 0 Å². The van der Waals surface area contributed by atoms with E-state index in [0.717, 1.165) is 54.4 Å². The number of fused-ring (bicyclic) bond motifs is 15. The highest BCUT2D eigenvalue weighted by Gasteiger charge is 2.53. The molecule has 6 aliphatic rings. The van der Waals surface area contributed by atoms with Crippen molar-refractivity contribution < 1.29 is 9.47 Å².